The summed E-state index contributed by atoms with van der Waals surface area (Å²) in [6, 6.07) is 16.5. The third kappa shape index (κ3) is 7.33. The summed E-state index contributed by atoms with van der Waals surface area (Å²) in [7, 11) is 0. The number of carbonyl (C=O) groups excluding carboxylic acids is 2. The molecule has 1 aliphatic carbocycles. The molecule has 3 aromatic rings. The van der Waals surface area contributed by atoms with E-state index in [4.69, 9.17) is 4.74 Å². The second-order valence-corrected chi connectivity index (χ2v) is 13.2. The molecule has 2 fully saturated rings. The van der Waals surface area contributed by atoms with Gasteiger partial charge in [-0.3, -0.25) is 9.59 Å². The summed E-state index contributed by atoms with van der Waals surface area (Å²) in [5.41, 5.74) is 3.95. The molecule has 1 saturated carbocycles. The predicted octanol–water partition coefficient (Wildman–Crippen LogP) is 6.46. The number of fused-ring (bicyclic) bond motifs is 2. The van der Waals surface area contributed by atoms with Crippen molar-refractivity contribution in [3.05, 3.63) is 105 Å². The molecule has 3 aliphatic rings. The molecule has 0 spiro atoms. The van der Waals surface area contributed by atoms with Gasteiger partial charge >= 0.3 is 0 Å². The van der Waals surface area contributed by atoms with Gasteiger partial charge in [0.1, 0.15) is 11.6 Å². The van der Waals surface area contributed by atoms with Gasteiger partial charge in [0, 0.05) is 50.3 Å². The van der Waals surface area contributed by atoms with Crippen molar-refractivity contribution in [3.8, 4) is 5.75 Å². The van der Waals surface area contributed by atoms with E-state index in [1.54, 1.807) is 24.0 Å². The van der Waals surface area contributed by atoms with Gasteiger partial charge in [-0.15, -0.1) is 0 Å². The Labute approximate surface area is 275 Å². The smallest absolute Gasteiger partial charge is 0.252 e. The Bertz CT molecular complexity index is 1640. The maximum atomic E-state index is 14.5. The molecule has 2 bridgehead atoms. The minimum atomic E-state index is -0.892. The van der Waals surface area contributed by atoms with Crippen molar-refractivity contribution < 1.29 is 27.5 Å². The number of benzene rings is 3. The number of carbonyl (C=O) groups is 2. The van der Waals surface area contributed by atoms with Crippen LogP contribution in [0.1, 0.15) is 49.3 Å². The average molecular weight is 697 g/mol. The molecule has 46 heavy (non-hydrogen) atoms. The lowest BCUT2D eigenvalue weighted by Crippen LogP contribution is -2.62. The molecule has 2 atom stereocenters. The van der Waals surface area contributed by atoms with Gasteiger partial charge in [0.15, 0.2) is 11.6 Å². The largest absolute Gasteiger partial charge is 0.492 e. The quantitative estimate of drug-likeness (QED) is 0.234. The van der Waals surface area contributed by atoms with Gasteiger partial charge in [-0.05, 0) is 94.9 Å². The molecule has 3 aromatic carbocycles. The Morgan fingerprint density at radius 3 is 2.54 bits per heavy atom. The Morgan fingerprint density at radius 2 is 1.80 bits per heavy atom. The number of halogens is 4. The van der Waals surface area contributed by atoms with Crippen LogP contribution in [0.2, 0.25) is 0 Å². The molecule has 0 aromatic heterocycles. The molecule has 0 unspecified atom stereocenters. The lowest BCUT2D eigenvalue weighted by atomic mass is 9.82. The van der Waals surface area contributed by atoms with Crippen molar-refractivity contribution >= 4 is 33.3 Å². The van der Waals surface area contributed by atoms with Crippen LogP contribution in [0.5, 0.6) is 5.75 Å². The molecule has 2 aliphatic heterocycles. The maximum absolute atomic E-state index is 14.5. The van der Waals surface area contributed by atoms with Gasteiger partial charge in [0.05, 0.1) is 17.1 Å². The molecule has 10 heteroatoms. The molecular weight excluding hydrogens is 659 g/mol. The van der Waals surface area contributed by atoms with E-state index in [2.05, 4.69) is 45.5 Å². The zero-order valence-corrected chi connectivity index (χ0v) is 27.3. The summed E-state index contributed by atoms with van der Waals surface area (Å²) < 4.78 is 48.4. The summed E-state index contributed by atoms with van der Waals surface area (Å²) >= 11 is 3.39. The van der Waals surface area contributed by atoms with Crippen molar-refractivity contribution in [1.29, 1.82) is 0 Å². The van der Waals surface area contributed by atoms with E-state index >= 15 is 0 Å². The van der Waals surface area contributed by atoms with Crippen LogP contribution in [0, 0.1) is 17.5 Å². The highest BCUT2D eigenvalue weighted by Crippen LogP contribution is 2.37. The standard InChI is InChI=1S/C36H37BrF3N3O3/c1-22(44)42-20-27-19-29(24-9-7-23(8-10-24)4-3-17-46-33-18-26(38)11-14-30(33)37)34(32(21-42)41-27)36(45)43(28-12-13-28)16-15-25-5-2-6-31(39)35(25)40/h2,5-11,14,18,27-28,32,41H,3-4,12-13,15-17,19-21H2,1H3/t27-,32-/m1/s1. The number of hydrogen-bond acceptors (Lipinski definition) is 4. The van der Waals surface area contributed by atoms with Gasteiger partial charge in [0.2, 0.25) is 5.91 Å². The number of rotatable bonds is 11. The molecule has 2 amide bonds. The second kappa shape index (κ2) is 14.0. The van der Waals surface area contributed by atoms with E-state index in [1.807, 2.05) is 4.90 Å². The Hall–Kier alpha value is -3.63. The molecule has 6 nitrogen and oxygen atoms in total. The Morgan fingerprint density at radius 1 is 1.02 bits per heavy atom. The average Bonchev–Trinajstić information content (AvgIpc) is 3.88. The lowest BCUT2D eigenvalue weighted by molar-refractivity contribution is -0.132. The van der Waals surface area contributed by atoms with Crippen molar-refractivity contribution in [2.45, 2.75) is 63.6 Å². The van der Waals surface area contributed by atoms with Crippen LogP contribution in [0.25, 0.3) is 5.57 Å². The van der Waals surface area contributed by atoms with Crippen LogP contribution in [0.3, 0.4) is 0 Å². The fourth-order valence-corrected chi connectivity index (χ4v) is 6.88. The summed E-state index contributed by atoms with van der Waals surface area (Å²) in [5, 5.41) is 3.59. The normalized spacial score (nSPS) is 19.3. The number of hydrogen-bond donors (Lipinski definition) is 1. The maximum Gasteiger partial charge on any atom is 0.252 e. The van der Waals surface area contributed by atoms with Crippen LogP contribution in [-0.4, -0.2) is 66.0 Å². The predicted molar refractivity (Wildman–Crippen MR) is 174 cm³/mol. The molecule has 6 rings (SSSR count). The van der Waals surface area contributed by atoms with E-state index in [0.717, 1.165) is 48.4 Å². The van der Waals surface area contributed by atoms with E-state index in [-0.39, 0.29) is 54.3 Å². The first-order valence-electron chi connectivity index (χ1n) is 15.8. The SMILES string of the molecule is CC(=O)N1C[C@H]2CC(c3ccc(CCCOc4cc(F)ccc4Br)cc3)=C(C(=O)N(CCc3cccc(F)c3F)C3CC3)[C@@H](C1)N2. The van der Waals surface area contributed by atoms with Crippen molar-refractivity contribution in [1.82, 2.24) is 15.1 Å². The van der Waals surface area contributed by atoms with E-state index in [9.17, 15) is 22.8 Å². The Balaban J connectivity index is 1.21. The van der Waals surface area contributed by atoms with Crippen LogP contribution >= 0.6 is 15.9 Å². The molecule has 1 N–H and O–H groups in total. The molecular formula is C36H37BrF3N3O3. The third-order valence-corrected chi connectivity index (χ3v) is 9.70. The summed E-state index contributed by atoms with van der Waals surface area (Å²) in [6.45, 7) is 3.23. The van der Waals surface area contributed by atoms with Gasteiger partial charge in [0.25, 0.3) is 5.91 Å². The zero-order valence-electron chi connectivity index (χ0n) is 25.7. The van der Waals surface area contributed by atoms with Gasteiger partial charge < -0.3 is 19.9 Å². The number of ether oxygens (including phenoxy) is 1. The van der Waals surface area contributed by atoms with Crippen LogP contribution < -0.4 is 10.1 Å². The van der Waals surface area contributed by atoms with E-state index < -0.39 is 11.6 Å². The number of piperazine rings is 1. The minimum Gasteiger partial charge on any atom is -0.492 e. The second-order valence-electron chi connectivity index (χ2n) is 12.4. The van der Waals surface area contributed by atoms with Gasteiger partial charge in [-0.1, -0.05) is 36.4 Å². The molecule has 1 saturated heterocycles. The first-order chi connectivity index (χ1) is 22.2. The number of amides is 2. The van der Waals surface area contributed by atoms with Gasteiger partial charge in [-0.2, -0.15) is 0 Å². The molecule has 0 radical (unpaired) electrons. The topological polar surface area (TPSA) is 61.9 Å². The fraction of sp³-hybridized carbons (Fsp3) is 0.389. The van der Waals surface area contributed by atoms with E-state index in [1.165, 1.54) is 18.2 Å². The molecule has 2 heterocycles. The summed E-state index contributed by atoms with van der Waals surface area (Å²) in [6.07, 6.45) is 4.05. The number of nitrogens with one attached hydrogen (secondary N) is 1. The highest BCUT2D eigenvalue weighted by atomic mass is 79.9. The van der Waals surface area contributed by atoms with Crippen molar-refractivity contribution in [2.75, 3.05) is 26.2 Å². The van der Waals surface area contributed by atoms with Gasteiger partial charge in [-0.25, -0.2) is 13.2 Å². The van der Waals surface area contributed by atoms with Crippen LogP contribution in [0.15, 0.2) is 70.7 Å². The first kappa shape index (κ1) is 32.3. The highest BCUT2D eigenvalue weighted by molar-refractivity contribution is 9.10. The first-order valence-corrected chi connectivity index (χ1v) is 16.6. The zero-order chi connectivity index (χ0) is 32.4. The monoisotopic (exact) mass is 695 g/mol. The third-order valence-electron chi connectivity index (χ3n) is 9.05. The van der Waals surface area contributed by atoms with Crippen molar-refractivity contribution in [2.24, 2.45) is 0 Å². The minimum absolute atomic E-state index is 0.0175. The molecule has 242 valence electrons. The number of aryl methyl sites for hydroxylation is 1. The van der Waals surface area contributed by atoms with Crippen LogP contribution in [0.4, 0.5) is 13.2 Å². The highest BCUT2D eigenvalue weighted by Gasteiger charge is 2.42. The summed E-state index contributed by atoms with van der Waals surface area (Å²) in [5.74, 6) is -1.77. The number of nitrogens with zero attached hydrogens (tertiary/aromatic N) is 2. The van der Waals surface area contributed by atoms with Crippen molar-refractivity contribution in [3.63, 3.8) is 0 Å². The fourth-order valence-electron chi connectivity index (χ4n) is 6.52. The van der Waals surface area contributed by atoms with E-state index in [0.29, 0.717) is 41.9 Å². The lowest BCUT2D eigenvalue weighted by Gasteiger charge is -2.44. The summed E-state index contributed by atoms with van der Waals surface area (Å²) in [4.78, 5) is 30.4. The van der Waals surface area contributed by atoms with Crippen LogP contribution in [-0.2, 0) is 22.4 Å². The Kier molecular flexibility index (Phi) is 9.84.